The van der Waals surface area contributed by atoms with Crippen LogP contribution < -0.4 is 20.4 Å². The number of nitrogens with zero attached hydrogens (tertiary/aromatic N) is 2. The van der Waals surface area contributed by atoms with Crippen LogP contribution in [0.25, 0.3) is 0 Å². The van der Waals surface area contributed by atoms with Crippen molar-refractivity contribution in [3.63, 3.8) is 0 Å². The molecule has 0 heterocycles. The van der Waals surface area contributed by atoms with Crippen molar-refractivity contribution in [1.82, 2.24) is 10.6 Å². The predicted octanol–water partition coefficient (Wildman–Crippen LogP) is 3.81. The normalized spacial score (nSPS) is 15.3. The summed E-state index contributed by atoms with van der Waals surface area (Å²) in [6.45, 7) is 8.61. The molecule has 0 fully saturated rings. The van der Waals surface area contributed by atoms with Gasteiger partial charge in [0, 0.05) is 51.6 Å². The monoisotopic (exact) mass is 470 g/mol. The highest BCUT2D eigenvalue weighted by Gasteiger charge is 2.30. The highest BCUT2D eigenvalue weighted by molar-refractivity contribution is 5.49. The van der Waals surface area contributed by atoms with Crippen molar-refractivity contribution in [3.8, 4) is 0 Å². The minimum Gasteiger partial charge on any atom is -0.395 e. The lowest BCUT2D eigenvalue weighted by atomic mass is 9.89. The maximum Gasteiger partial charge on any atom is 0.0587 e. The van der Waals surface area contributed by atoms with E-state index in [9.17, 15) is 10.2 Å². The van der Waals surface area contributed by atoms with E-state index in [1.807, 2.05) is 28.2 Å². The first-order chi connectivity index (χ1) is 16.1. The molecule has 4 N–H and O–H groups in total. The largest absolute Gasteiger partial charge is 0.395 e. The molecule has 0 bridgehead atoms. The molecule has 0 amide bonds. The lowest BCUT2D eigenvalue weighted by Gasteiger charge is -2.37. The smallest absolute Gasteiger partial charge is 0.0587 e. The summed E-state index contributed by atoms with van der Waals surface area (Å²) in [4.78, 5) is 4.18. The van der Waals surface area contributed by atoms with Crippen molar-refractivity contribution in [2.45, 2.75) is 51.9 Å². The summed E-state index contributed by atoms with van der Waals surface area (Å²) in [6.07, 6.45) is 0. The molecule has 0 spiro atoms. The van der Waals surface area contributed by atoms with Gasteiger partial charge in [0.2, 0.25) is 0 Å². The van der Waals surface area contributed by atoms with E-state index in [-0.39, 0.29) is 49.2 Å². The number of aliphatic hydroxyl groups is 2. The Morgan fingerprint density at radius 3 is 1.09 bits per heavy atom. The van der Waals surface area contributed by atoms with Gasteiger partial charge in [-0.05, 0) is 47.2 Å². The second-order valence-electron chi connectivity index (χ2n) is 10.3. The third-order valence-corrected chi connectivity index (χ3v) is 6.66. The molecule has 2 rings (SSSR count). The zero-order valence-corrected chi connectivity index (χ0v) is 22.3. The summed E-state index contributed by atoms with van der Waals surface area (Å²) in [6, 6.07) is 16.8. The number of rotatable bonds is 13. The molecule has 0 aliphatic carbocycles. The van der Waals surface area contributed by atoms with Crippen LogP contribution in [-0.2, 0) is 0 Å². The van der Waals surface area contributed by atoms with Crippen LogP contribution in [-0.4, -0.2) is 63.7 Å². The molecule has 0 aliphatic rings. The van der Waals surface area contributed by atoms with Crippen LogP contribution in [0.3, 0.4) is 0 Å². The molecule has 190 valence electrons. The minimum absolute atomic E-state index is 0.0594. The Morgan fingerprint density at radius 2 is 0.882 bits per heavy atom. The summed E-state index contributed by atoms with van der Waals surface area (Å²) >= 11 is 0. The van der Waals surface area contributed by atoms with Crippen LogP contribution in [0, 0.1) is 11.8 Å². The summed E-state index contributed by atoms with van der Waals surface area (Å²) in [7, 11) is 8.15. The molecular weight excluding hydrogens is 424 g/mol. The second-order valence-corrected chi connectivity index (χ2v) is 10.3. The van der Waals surface area contributed by atoms with Crippen LogP contribution in [0.5, 0.6) is 0 Å². The fraction of sp³-hybridized carbons (Fsp3) is 0.571. The van der Waals surface area contributed by atoms with Crippen molar-refractivity contribution in [3.05, 3.63) is 59.7 Å². The summed E-state index contributed by atoms with van der Waals surface area (Å²) in [5.74, 6) is 0.535. The molecule has 0 saturated carbocycles. The van der Waals surface area contributed by atoms with Crippen molar-refractivity contribution < 1.29 is 10.2 Å². The van der Waals surface area contributed by atoms with Crippen LogP contribution in [0.4, 0.5) is 11.4 Å². The molecule has 4 atom stereocenters. The number of anilines is 2. The third kappa shape index (κ3) is 7.44. The van der Waals surface area contributed by atoms with E-state index in [0.29, 0.717) is 0 Å². The zero-order chi connectivity index (χ0) is 25.4. The predicted molar refractivity (Wildman–Crippen MR) is 145 cm³/mol. The van der Waals surface area contributed by atoms with Gasteiger partial charge in [-0.3, -0.25) is 0 Å². The van der Waals surface area contributed by atoms with Gasteiger partial charge in [-0.2, -0.15) is 0 Å². The van der Waals surface area contributed by atoms with E-state index in [0.717, 1.165) is 22.5 Å². The second kappa shape index (κ2) is 13.1. The average molecular weight is 471 g/mol. The van der Waals surface area contributed by atoms with Crippen molar-refractivity contribution in [1.29, 1.82) is 0 Å². The Balaban J connectivity index is 2.59. The maximum atomic E-state index is 10.1. The Kier molecular flexibility index (Phi) is 10.8. The lowest BCUT2D eigenvalue weighted by Crippen LogP contribution is -2.48. The fourth-order valence-corrected chi connectivity index (χ4v) is 4.10. The highest BCUT2D eigenvalue weighted by Crippen LogP contribution is 2.33. The Hall–Kier alpha value is -2.12. The molecular formula is C28H46N4O2. The fourth-order valence-electron chi connectivity index (χ4n) is 4.10. The first-order valence-electron chi connectivity index (χ1n) is 12.4. The van der Waals surface area contributed by atoms with Crippen LogP contribution in [0.2, 0.25) is 0 Å². The first-order valence-corrected chi connectivity index (χ1v) is 12.4. The van der Waals surface area contributed by atoms with Gasteiger partial charge in [-0.15, -0.1) is 0 Å². The number of benzene rings is 2. The third-order valence-electron chi connectivity index (χ3n) is 6.66. The Labute approximate surface area is 207 Å². The van der Waals surface area contributed by atoms with Crippen LogP contribution >= 0.6 is 0 Å². The highest BCUT2D eigenvalue weighted by atomic mass is 16.3. The molecule has 6 nitrogen and oxygen atoms in total. The molecule has 0 aliphatic heterocycles. The molecule has 2 aromatic rings. The van der Waals surface area contributed by atoms with Crippen molar-refractivity contribution in [2.24, 2.45) is 11.8 Å². The van der Waals surface area contributed by atoms with Crippen molar-refractivity contribution in [2.75, 3.05) is 51.2 Å². The molecule has 0 aromatic heterocycles. The molecule has 34 heavy (non-hydrogen) atoms. The van der Waals surface area contributed by atoms with E-state index in [1.54, 1.807) is 0 Å². The molecule has 0 radical (unpaired) electrons. The van der Waals surface area contributed by atoms with Gasteiger partial charge in [-0.25, -0.2) is 0 Å². The number of aliphatic hydroxyl groups excluding tert-OH is 2. The first kappa shape index (κ1) is 28.1. The summed E-state index contributed by atoms with van der Waals surface area (Å²) in [5.41, 5.74) is 4.55. The number of nitrogens with one attached hydrogen (secondary N) is 2. The average Bonchev–Trinajstić information content (AvgIpc) is 2.81. The van der Waals surface area contributed by atoms with E-state index >= 15 is 0 Å². The van der Waals surface area contributed by atoms with Gasteiger partial charge < -0.3 is 30.6 Å². The lowest BCUT2D eigenvalue weighted by molar-refractivity contribution is 0.165. The van der Waals surface area contributed by atoms with Gasteiger partial charge in [0.15, 0.2) is 0 Å². The van der Waals surface area contributed by atoms with E-state index in [2.05, 4.69) is 96.7 Å². The summed E-state index contributed by atoms with van der Waals surface area (Å²) in [5, 5.41) is 27.8. The van der Waals surface area contributed by atoms with Crippen LogP contribution in [0.15, 0.2) is 48.5 Å². The van der Waals surface area contributed by atoms with Crippen LogP contribution in [0.1, 0.15) is 50.9 Å². The van der Waals surface area contributed by atoms with Crippen molar-refractivity contribution >= 4 is 11.4 Å². The minimum atomic E-state index is -0.103. The molecule has 2 aromatic carbocycles. The van der Waals surface area contributed by atoms with E-state index in [4.69, 9.17) is 0 Å². The summed E-state index contributed by atoms with van der Waals surface area (Å²) < 4.78 is 0. The quantitative estimate of drug-likeness (QED) is 0.357. The molecule has 0 saturated heterocycles. The molecule has 6 heteroatoms. The van der Waals surface area contributed by atoms with Gasteiger partial charge in [0.25, 0.3) is 0 Å². The standard InChI is InChI=1S/C28H46N4O2/c1-19(2)25(17-33)29-27(21-9-13-23(14-10-21)31(5)6)28(30-26(18-34)20(3)4)22-11-15-24(16-12-22)32(7)8/h9-16,19-20,25-30,33-34H,17-18H2,1-8H3/t25-,26-,27-,28-/m1/s1. The number of hydrogen-bond acceptors (Lipinski definition) is 6. The zero-order valence-electron chi connectivity index (χ0n) is 22.3. The SMILES string of the molecule is CC(C)[C@@H](CO)N[C@H](c1ccc(N(C)C)cc1)[C@H](N[C@H](CO)C(C)C)c1ccc(N(C)C)cc1. The number of hydrogen-bond donors (Lipinski definition) is 4. The van der Waals surface area contributed by atoms with E-state index < -0.39 is 0 Å². The maximum absolute atomic E-state index is 10.1. The van der Waals surface area contributed by atoms with Gasteiger partial charge in [0.1, 0.15) is 0 Å². The van der Waals surface area contributed by atoms with Gasteiger partial charge >= 0.3 is 0 Å². The van der Waals surface area contributed by atoms with Gasteiger partial charge in [-0.1, -0.05) is 52.0 Å². The van der Waals surface area contributed by atoms with Gasteiger partial charge in [0.05, 0.1) is 25.3 Å². The Morgan fingerprint density at radius 1 is 0.588 bits per heavy atom. The Bertz CT molecular complexity index is 763. The van der Waals surface area contributed by atoms with E-state index in [1.165, 1.54) is 0 Å². The topological polar surface area (TPSA) is 71.0 Å². The molecule has 0 unspecified atom stereocenters.